The fourth-order valence-corrected chi connectivity index (χ4v) is 4.28. The molecule has 4 rings (SSSR count). The highest BCUT2D eigenvalue weighted by atomic mass is 35.5. The third-order valence-corrected chi connectivity index (χ3v) is 5.96. The van der Waals surface area contributed by atoms with Crippen LogP contribution in [0.15, 0.2) is 59.6 Å². The number of thiocarbonyl (C=S) groups is 1. The Hall–Kier alpha value is -3.23. The highest BCUT2D eigenvalue weighted by molar-refractivity contribution is 7.80. The number of anilines is 3. The molecule has 0 saturated carbocycles. The monoisotopic (exact) mass is 493 g/mol. The molecule has 9 heteroatoms. The van der Waals surface area contributed by atoms with Crippen molar-refractivity contribution in [1.82, 2.24) is 14.9 Å². The number of nitrogens with zero attached hydrogens (tertiary/aromatic N) is 5. The highest BCUT2D eigenvalue weighted by Gasteiger charge is 2.22. The molecule has 0 amide bonds. The lowest BCUT2D eigenvalue weighted by molar-refractivity contribution is 0.385. The van der Waals surface area contributed by atoms with E-state index < -0.39 is 0 Å². The molecule has 1 aliphatic rings. The van der Waals surface area contributed by atoms with Gasteiger partial charge >= 0.3 is 0 Å². The number of para-hydroxylation sites is 1. The van der Waals surface area contributed by atoms with Crippen molar-refractivity contribution in [3.05, 3.63) is 76.6 Å². The van der Waals surface area contributed by atoms with E-state index in [9.17, 15) is 0 Å². The summed E-state index contributed by atoms with van der Waals surface area (Å²) in [4.78, 5) is 18.3. The summed E-state index contributed by atoms with van der Waals surface area (Å²) in [6.07, 6.45) is 0. The number of guanidine groups is 1. The Bertz CT molecular complexity index is 1170. The summed E-state index contributed by atoms with van der Waals surface area (Å²) in [6, 6.07) is 17.7. The predicted octanol–water partition coefficient (Wildman–Crippen LogP) is 5.04. The van der Waals surface area contributed by atoms with E-state index in [0.717, 1.165) is 54.0 Å². The number of piperazine rings is 1. The summed E-state index contributed by atoms with van der Waals surface area (Å²) >= 11 is 11.8. The van der Waals surface area contributed by atoms with E-state index in [1.165, 1.54) is 5.56 Å². The zero-order chi connectivity index (χ0) is 24.1. The molecule has 34 heavy (non-hydrogen) atoms. The minimum absolute atomic E-state index is 0.367. The van der Waals surface area contributed by atoms with Crippen molar-refractivity contribution in [1.29, 1.82) is 0 Å². The van der Waals surface area contributed by atoms with Gasteiger partial charge in [-0.2, -0.15) is 4.99 Å². The van der Waals surface area contributed by atoms with Crippen LogP contribution >= 0.6 is 23.8 Å². The number of hydrogen-bond acceptors (Lipinski definition) is 4. The molecule has 0 spiro atoms. The van der Waals surface area contributed by atoms with Gasteiger partial charge in [0, 0.05) is 54.0 Å². The second kappa shape index (κ2) is 10.8. The number of rotatable bonds is 3. The Kier molecular flexibility index (Phi) is 7.59. The fraction of sp³-hybridized carbons (Fsp3) is 0.280. The smallest absolute Gasteiger partial charge is 0.229 e. The van der Waals surface area contributed by atoms with Gasteiger partial charge in [-0.3, -0.25) is 5.32 Å². The molecule has 0 atom stereocenters. The minimum atomic E-state index is 0.367. The minimum Gasteiger partial charge on any atom is -0.368 e. The summed E-state index contributed by atoms with van der Waals surface area (Å²) in [6.45, 7) is 9.18. The maximum atomic E-state index is 6.25. The van der Waals surface area contributed by atoms with E-state index in [-0.39, 0.29) is 0 Å². The van der Waals surface area contributed by atoms with Gasteiger partial charge in [-0.25, -0.2) is 9.97 Å². The van der Waals surface area contributed by atoms with Crippen molar-refractivity contribution in [3.8, 4) is 0 Å². The van der Waals surface area contributed by atoms with Crippen LogP contribution in [0, 0.1) is 20.8 Å². The van der Waals surface area contributed by atoms with Crippen molar-refractivity contribution in [2.75, 3.05) is 41.7 Å². The van der Waals surface area contributed by atoms with Crippen LogP contribution in [0.1, 0.15) is 17.0 Å². The number of aromatic nitrogens is 2. The second-order valence-corrected chi connectivity index (χ2v) is 9.06. The Morgan fingerprint density at radius 1 is 0.912 bits per heavy atom. The molecule has 2 heterocycles. The summed E-state index contributed by atoms with van der Waals surface area (Å²) < 4.78 is 0. The number of benzene rings is 2. The average Bonchev–Trinajstić information content (AvgIpc) is 2.80. The molecule has 1 aliphatic heterocycles. The first kappa shape index (κ1) is 23.9. The van der Waals surface area contributed by atoms with Gasteiger partial charge in [-0.05, 0) is 68.9 Å². The van der Waals surface area contributed by atoms with E-state index >= 15 is 0 Å². The summed E-state index contributed by atoms with van der Waals surface area (Å²) in [5.74, 6) is 1.13. The topological polar surface area (TPSA) is 68.7 Å². The molecule has 1 aromatic heterocycles. The van der Waals surface area contributed by atoms with Gasteiger partial charge in [-0.1, -0.05) is 35.9 Å². The van der Waals surface area contributed by atoms with Crippen LogP contribution in [0.4, 0.5) is 17.3 Å². The normalized spacial score (nSPS) is 14.2. The summed E-state index contributed by atoms with van der Waals surface area (Å²) in [5, 5.41) is 7.60. The van der Waals surface area contributed by atoms with E-state index in [2.05, 4.69) is 43.4 Å². The number of halogens is 1. The fourth-order valence-electron chi connectivity index (χ4n) is 3.91. The van der Waals surface area contributed by atoms with Crippen LogP contribution in [0.25, 0.3) is 0 Å². The Morgan fingerprint density at radius 2 is 1.59 bits per heavy atom. The molecule has 176 valence electrons. The average molecular weight is 494 g/mol. The third-order valence-electron chi connectivity index (χ3n) is 5.53. The molecule has 2 aromatic carbocycles. The number of aliphatic imine (C=N–C) groups is 1. The van der Waals surface area contributed by atoms with Crippen molar-refractivity contribution in [2.24, 2.45) is 4.99 Å². The molecule has 1 saturated heterocycles. The Morgan fingerprint density at radius 3 is 2.26 bits per heavy atom. The first-order valence-corrected chi connectivity index (χ1v) is 12.0. The van der Waals surface area contributed by atoms with E-state index in [4.69, 9.17) is 28.8 Å². The lowest BCUT2D eigenvalue weighted by atomic mass is 10.1. The Balaban J connectivity index is 1.54. The first-order valence-electron chi connectivity index (χ1n) is 11.2. The van der Waals surface area contributed by atoms with Gasteiger partial charge < -0.3 is 15.1 Å². The number of aryl methyl sites for hydroxylation is 3. The van der Waals surface area contributed by atoms with Gasteiger partial charge in [0.05, 0.1) is 0 Å². The van der Waals surface area contributed by atoms with Crippen molar-refractivity contribution in [2.45, 2.75) is 20.8 Å². The summed E-state index contributed by atoms with van der Waals surface area (Å²) in [7, 11) is 0. The molecule has 0 aliphatic carbocycles. The van der Waals surface area contributed by atoms with Gasteiger partial charge in [0.15, 0.2) is 0 Å². The molecular weight excluding hydrogens is 466 g/mol. The molecule has 0 radical (unpaired) electrons. The lowest BCUT2D eigenvalue weighted by Gasteiger charge is -2.38. The lowest BCUT2D eigenvalue weighted by Crippen LogP contribution is -2.51. The van der Waals surface area contributed by atoms with E-state index in [1.807, 2.05) is 62.4 Å². The number of nitrogens with one attached hydrogen (secondary N) is 2. The Labute approximate surface area is 210 Å². The molecule has 1 fully saturated rings. The predicted molar refractivity (Wildman–Crippen MR) is 145 cm³/mol. The molecule has 3 aromatic rings. The van der Waals surface area contributed by atoms with Crippen LogP contribution in [0.2, 0.25) is 5.02 Å². The van der Waals surface area contributed by atoms with Crippen molar-refractivity contribution >= 4 is 52.2 Å². The zero-order valence-corrected chi connectivity index (χ0v) is 21.1. The second-order valence-electron chi connectivity index (χ2n) is 8.24. The summed E-state index contributed by atoms with van der Waals surface area (Å²) in [5.41, 5.74) is 5.04. The van der Waals surface area contributed by atoms with Crippen LogP contribution in [0.5, 0.6) is 0 Å². The number of hydrogen-bond donors (Lipinski definition) is 2. The molecule has 0 bridgehead atoms. The highest BCUT2D eigenvalue weighted by Crippen LogP contribution is 2.25. The quantitative estimate of drug-likeness (QED) is 0.301. The van der Waals surface area contributed by atoms with Gasteiger partial charge in [0.2, 0.25) is 17.0 Å². The van der Waals surface area contributed by atoms with Crippen LogP contribution < -0.4 is 15.5 Å². The van der Waals surface area contributed by atoms with E-state index in [1.54, 1.807) is 0 Å². The molecule has 0 unspecified atom stereocenters. The molecular formula is C25H28ClN7S. The van der Waals surface area contributed by atoms with E-state index in [0.29, 0.717) is 17.0 Å². The molecule has 2 N–H and O–H groups in total. The van der Waals surface area contributed by atoms with Crippen molar-refractivity contribution in [3.63, 3.8) is 0 Å². The first-order chi connectivity index (χ1) is 16.4. The molecule has 7 nitrogen and oxygen atoms in total. The van der Waals surface area contributed by atoms with Gasteiger partial charge in [0.1, 0.15) is 0 Å². The largest absolute Gasteiger partial charge is 0.368 e. The standard InChI is InChI=1S/C25H28ClN7S/c1-17-9-10-20(26)16-22(17)32-11-13-33(14-12-32)24(30-23-27-18(2)15-19(3)28-23)31-25(34)29-21-7-5-4-6-8-21/h4-10,15-16H,11-14H2,1-3H3,(H2,27,28,29,30,31,34). The van der Waals surface area contributed by atoms with Crippen LogP contribution in [-0.2, 0) is 0 Å². The van der Waals surface area contributed by atoms with Gasteiger partial charge in [-0.15, -0.1) is 0 Å². The van der Waals surface area contributed by atoms with Gasteiger partial charge in [0.25, 0.3) is 0 Å². The van der Waals surface area contributed by atoms with Crippen LogP contribution in [-0.4, -0.2) is 52.1 Å². The SMILES string of the molecule is Cc1cc(C)nc(N/C(=N/C(=S)Nc2ccccc2)N2CCN(c3cc(Cl)ccc3C)CC2)n1. The van der Waals surface area contributed by atoms with Crippen molar-refractivity contribution < 1.29 is 0 Å². The zero-order valence-electron chi connectivity index (χ0n) is 19.5. The maximum absolute atomic E-state index is 6.25. The maximum Gasteiger partial charge on any atom is 0.229 e. The van der Waals surface area contributed by atoms with Crippen LogP contribution in [0.3, 0.4) is 0 Å². The third kappa shape index (κ3) is 6.21.